The van der Waals surface area contributed by atoms with Crippen LogP contribution in [-0.4, -0.2) is 25.0 Å². The molecule has 0 saturated heterocycles. The van der Waals surface area contributed by atoms with Gasteiger partial charge in [0.1, 0.15) is 11.3 Å². The van der Waals surface area contributed by atoms with E-state index in [0.717, 1.165) is 5.57 Å². The number of carbonyl (C=O) groups is 1. The summed E-state index contributed by atoms with van der Waals surface area (Å²) in [6.45, 7) is 0. The number of rotatable bonds is 1. The van der Waals surface area contributed by atoms with Gasteiger partial charge in [-0.1, -0.05) is 6.08 Å². The fraction of sp³-hybridized carbons (Fsp3) is 0.222. The summed E-state index contributed by atoms with van der Waals surface area (Å²) < 4.78 is 4.63. The average molecular weight is 191 g/mol. The Labute approximate surface area is 80.6 Å². The van der Waals surface area contributed by atoms with Crippen LogP contribution in [0.15, 0.2) is 33.1 Å². The largest absolute Gasteiger partial charge is 0.465 e. The monoisotopic (exact) mass is 191 g/mol. The van der Waals surface area contributed by atoms with E-state index in [9.17, 15) is 4.79 Å². The summed E-state index contributed by atoms with van der Waals surface area (Å²) in [5, 5.41) is 7.56. The fourth-order valence-electron chi connectivity index (χ4n) is 1.42. The minimum absolute atomic E-state index is 0.336. The molecule has 1 aliphatic carbocycles. The van der Waals surface area contributed by atoms with Gasteiger partial charge in [0.25, 0.3) is 0 Å². The third-order valence-electron chi connectivity index (χ3n) is 2.12. The standard InChI is InChI=1S/C9H9N3O2/c1-14-9(13)7-6(10)3-2-5-4-11-12-8(5)7/h2,4H,3,10H2,1H3. The topological polar surface area (TPSA) is 77.0 Å². The Hall–Kier alpha value is -1.91. The van der Waals surface area contributed by atoms with Crippen LogP contribution in [-0.2, 0) is 9.53 Å². The van der Waals surface area contributed by atoms with Gasteiger partial charge in [0, 0.05) is 17.7 Å². The van der Waals surface area contributed by atoms with Gasteiger partial charge in [-0.25, -0.2) is 4.79 Å². The second-order valence-corrected chi connectivity index (χ2v) is 2.95. The van der Waals surface area contributed by atoms with Crippen molar-refractivity contribution in [2.45, 2.75) is 6.42 Å². The normalized spacial score (nSPS) is 18.9. The maximum atomic E-state index is 11.4. The SMILES string of the molecule is COC(=O)C1=C(N)CC=C2C=NN=C21. The van der Waals surface area contributed by atoms with Gasteiger partial charge in [-0.3, -0.25) is 0 Å². The van der Waals surface area contributed by atoms with Crippen molar-refractivity contribution in [3.8, 4) is 0 Å². The molecular formula is C9H9N3O2. The highest BCUT2D eigenvalue weighted by atomic mass is 16.5. The smallest absolute Gasteiger partial charge is 0.341 e. The number of ether oxygens (including phenoxy) is 1. The van der Waals surface area contributed by atoms with Crippen LogP contribution < -0.4 is 5.73 Å². The molecule has 0 saturated carbocycles. The average Bonchev–Trinajstić information content (AvgIpc) is 2.64. The van der Waals surface area contributed by atoms with Gasteiger partial charge in [-0.2, -0.15) is 5.10 Å². The van der Waals surface area contributed by atoms with Gasteiger partial charge in [-0.05, 0) is 0 Å². The summed E-state index contributed by atoms with van der Waals surface area (Å²) in [7, 11) is 1.32. The van der Waals surface area contributed by atoms with Crippen molar-refractivity contribution in [2.24, 2.45) is 15.9 Å². The highest BCUT2D eigenvalue weighted by molar-refractivity contribution is 6.35. The molecule has 0 aromatic heterocycles. The number of hydrogen-bond donors (Lipinski definition) is 1. The second kappa shape index (κ2) is 3.10. The molecule has 5 nitrogen and oxygen atoms in total. The number of nitrogens with zero attached hydrogens (tertiary/aromatic N) is 2. The van der Waals surface area contributed by atoms with E-state index in [2.05, 4.69) is 14.9 Å². The number of hydrogen-bond acceptors (Lipinski definition) is 5. The number of allylic oxidation sites excluding steroid dienone is 2. The van der Waals surface area contributed by atoms with Crippen LogP contribution in [0, 0.1) is 0 Å². The van der Waals surface area contributed by atoms with Crippen LogP contribution in [0.3, 0.4) is 0 Å². The van der Waals surface area contributed by atoms with Crippen LogP contribution in [0.25, 0.3) is 0 Å². The first-order valence-electron chi connectivity index (χ1n) is 4.13. The molecule has 0 atom stereocenters. The molecule has 2 rings (SSSR count). The third-order valence-corrected chi connectivity index (χ3v) is 2.12. The van der Waals surface area contributed by atoms with E-state index in [1.807, 2.05) is 6.08 Å². The van der Waals surface area contributed by atoms with Crippen molar-refractivity contribution in [1.29, 1.82) is 0 Å². The Kier molecular flexibility index (Phi) is 1.92. The van der Waals surface area contributed by atoms with Crippen LogP contribution in [0.2, 0.25) is 0 Å². The second-order valence-electron chi connectivity index (χ2n) is 2.95. The Bertz CT molecular complexity index is 416. The quantitative estimate of drug-likeness (QED) is 0.599. The third kappa shape index (κ3) is 1.14. The Morgan fingerprint density at radius 1 is 1.64 bits per heavy atom. The van der Waals surface area contributed by atoms with Crippen molar-refractivity contribution >= 4 is 17.9 Å². The van der Waals surface area contributed by atoms with E-state index in [1.54, 1.807) is 6.21 Å². The lowest BCUT2D eigenvalue weighted by Crippen LogP contribution is -2.23. The summed E-state index contributed by atoms with van der Waals surface area (Å²) in [6.07, 6.45) is 4.02. The lowest BCUT2D eigenvalue weighted by Gasteiger charge is -2.13. The van der Waals surface area contributed by atoms with Gasteiger partial charge in [-0.15, -0.1) is 5.10 Å². The lowest BCUT2D eigenvalue weighted by molar-refractivity contribution is -0.135. The van der Waals surface area contributed by atoms with E-state index < -0.39 is 5.97 Å². The van der Waals surface area contributed by atoms with Gasteiger partial charge >= 0.3 is 5.97 Å². The van der Waals surface area contributed by atoms with Gasteiger partial charge in [0.05, 0.1) is 13.3 Å². The highest BCUT2D eigenvalue weighted by Gasteiger charge is 2.27. The molecule has 0 fully saturated rings. The zero-order chi connectivity index (χ0) is 10.1. The van der Waals surface area contributed by atoms with Crippen LogP contribution in [0.5, 0.6) is 0 Å². The number of methoxy groups -OCH3 is 1. The van der Waals surface area contributed by atoms with Crippen molar-refractivity contribution in [3.05, 3.63) is 22.9 Å². The first-order chi connectivity index (χ1) is 6.74. The molecule has 2 N–H and O–H groups in total. The van der Waals surface area contributed by atoms with Gasteiger partial charge < -0.3 is 10.5 Å². The number of fused-ring (bicyclic) bond motifs is 1. The Morgan fingerprint density at radius 2 is 2.43 bits per heavy atom. The zero-order valence-corrected chi connectivity index (χ0v) is 7.65. The molecule has 0 spiro atoms. The molecule has 0 aromatic carbocycles. The number of carbonyl (C=O) groups excluding carboxylic acids is 1. The van der Waals surface area contributed by atoms with Crippen molar-refractivity contribution < 1.29 is 9.53 Å². The molecule has 0 bridgehead atoms. The first-order valence-corrected chi connectivity index (χ1v) is 4.13. The van der Waals surface area contributed by atoms with E-state index in [-0.39, 0.29) is 0 Å². The van der Waals surface area contributed by atoms with E-state index in [1.165, 1.54) is 7.11 Å². The van der Waals surface area contributed by atoms with Crippen LogP contribution in [0.1, 0.15) is 6.42 Å². The summed E-state index contributed by atoms with van der Waals surface area (Å²) in [5.74, 6) is -0.461. The van der Waals surface area contributed by atoms with Crippen molar-refractivity contribution in [2.75, 3.05) is 7.11 Å². The number of nitrogens with two attached hydrogens (primary N) is 1. The first kappa shape index (κ1) is 8.68. The summed E-state index contributed by atoms with van der Waals surface area (Å²) in [6, 6.07) is 0. The molecular weight excluding hydrogens is 182 g/mol. The van der Waals surface area contributed by atoms with Gasteiger partial charge in [0.15, 0.2) is 0 Å². The van der Waals surface area contributed by atoms with Crippen molar-refractivity contribution in [3.63, 3.8) is 0 Å². The molecule has 0 unspecified atom stereocenters. The van der Waals surface area contributed by atoms with Crippen molar-refractivity contribution in [1.82, 2.24) is 0 Å². The van der Waals surface area contributed by atoms with Crippen LogP contribution >= 0.6 is 0 Å². The molecule has 0 radical (unpaired) electrons. The van der Waals surface area contributed by atoms with Gasteiger partial charge in [0.2, 0.25) is 0 Å². The minimum Gasteiger partial charge on any atom is -0.465 e. The fourth-order valence-corrected chi connectivity index (χ4v) is 1.42. The molecule has 14 heavy (non-hydrogen) atoms. The minimum atomic E-state index is -0.461. The van der Waals surface area contributed by atoms with E-state index >= 15 is 0 Å². The zero-order valence-electron chi connectivity index (χ0n) is 7.65. The molecule has 1 aliphatic heterocycles. The summed E-state index contributed by atoms with van der Waals surface area (Å²) >= 11 is 0. The Balaban J connectivity index is 2.44. The lowest BCUT2D eigenvalue weighted by atomic mass is 9.94. The maximum absolute atomic E-state index is 11.4. The van der Waals surface area contributed by atoms with Crippen LogP contribution in [0.4, 0.5) is 0 Å². The molecule has 1 heterocycles. The predicted molar refractivity (Wildman–Crippen MR) is 51.9 cm³/mol. The molecule has 0 amide bonds. The summed E-state index contributed by atoms with van der Waals surface area (Å²) in [4.78, 5) is 11.4. The molecule has 0 aromatic rings. The predicted octanol–water partition coefficient (Wildman–Crippen LogP) is 0.143. The Morgan fingerprint density at radius 3 is 3.14 bits per heavy atom. The maximum Gasteiger partial charge on any atom is 0.341 e. The molecule has 72 valence electrons. The number of esters is 1. The summed E-state index contributed by atoms with van der Waals surface area (Å²) in [5.41, 5.74) is 7.87. The van der Waals surface area contributed by atoms with E-state index in [4.69, 9.17) is 5.73 Å². The molecule has 2 aliphatic rings. The highest BCUT2D eigenvalue weighted by Crippen LogP contribution is 2.22. The van der Waals surface area contributed by atoms with E-state index in [0.29, 0.717) is 23.4 Å². The molecule has 5 heteroatoms.